The maximum atomic E-state index is 9.97. The highest BCUT2D eigenvalue weighted by atomic mass is 16.4. The first kappa shape index (κ1) is 8.61. The van der Waals surface area contributed by atoms with Crippen molar-refractivity contribution in [2.24, 2.45) is 5.92 Å². The van der Waals surface area contributed by atoms with Crippen LogP contribution in [-0.2, 0) is 14.4 Å². The zero-order chi connectivity index (χ0) is 8.15. The Hall–Kier alpha value is -1.39. The lowest BCUT2D eigenvalue weighted by atomic mass is 10.1. The van der Waals surface area contributed by atoms with Crippen LogP contribution in [0.4, 0.5) is 0 Å². The number of carboxylic acids is 2. The second kappa shape index (κ2) is 3.60. The molecule has 1 atom stereocenters. The van der Waals surface area contributed by atoms with Crippen LogP contribution in [0.1, 0.15) is 6.42 Å². The number of aliphatic carboxylic acids is 2. The lowest BCUT2D eigenvalue weighted by Crippen LogP contribution is -2.18. The molecule has 56 valence electrons. The predicted octanol–water partition coefficient (Wildman–Crippen LogP) is -0.639. The van der Waals surface area contributed by atoms with E-state index < -0.39 is 24.3 Å². The summed E-state index contributed by atoms with van der Waals surface area (Å²) in [6, 6.07) is 0. The molecule has 0 aromatic rings. The van der Waals surface area contributed by atoms with Crippen molar-refractivity contribution in [1.29, 1.82) is 0 Å². The molecule has 0 aromatic heterocycles. The molecular formula is C5H6O5. The maximum Gasteiger partial charge on any atom is 0.314 e. The van der Waals surface area contributed by atoms with Gasteiger partial charge in [0.15, 0.2) is 0 Å². The van der Waals surface area contributed by atoms with Crippen molar-refractivity contribution in [3.05, 3.63) is 0 Å². The molecular weight excluding hydrogens is 140 g/mol. The van der Waals surface area contributed by atoms with E-state index in [1.54, 1.807) is 0 Å². The Kier molecular flexibility index (Phi) is 3.10. The smallest absolute Gasteiger partial charge is 0.314 e. The van der Waals surface area contributed by atoms with Gasteiger partial charge in [-0.05, 0) is 0 Å². The summed E-state index contributed by atoms with van der Waals surface area (Å²) in [7, 11) is 0. The molecule has 0 aliphatic carbocycles. The Morgan fingerprint density at radius 1 is 1.40 bits per heavy atom. The molecule has 0 spiro atoms. The lowest BCUT2D eigenvalue weighted by molar-refractivity contribution is -0.149. The van der Waals surface area contributed by atoms with Crippen LogP contribution >= 0.6 is 0 Å². The van der Waals surface area contributed by atoms with Crippen molar-refractivity contribution in [3.63, 3.8) is 0 Å². The normalized spacial score (nSPS) is 12.0. The van der Waals surface area contributed by atoms with Crippen LogP contribution in [0.15, 0.2) is 0 Å². The SMILES string of the molecule is O=C[C@H](CC(=O)O)C(=O)O. The second-order valence-corrected chi connectivity index (χ2v) is 1.68. The van der Waals surface area contributed by atoms with Crippen LogP contribution in [0, 0.1) is 5.92 Å². The molecule has 5 heteroatoms. The van der Waals surface area contributed by atoms with E-state index in [0.717, 1.165) is 0 Å². The van der Waals surface area contributed by atoms with E-state index in [0.29, 0.717) is 0 Å². The first-order valence-corrected chi connectivity index (χ1v) is 2.47. The number of hydrogen-bond donors (Lipinski definition) is 2. The predicted molar refractivity (Wildman–Crippen MR) is 29.4 cm³/mol. The highest BCUT2D eigenvalue weighted by molar-refractivity contribution is 5.90. The van der Waals surface area contributed by atoms with Gasteiger partial charge >= 0.3 is 11.9 Å². The van der Waals surface area contributed by atoms with E-state index in [4.69, 9.17) is 10.2 Å². The Labute approximate surface area is 56.3 Å². The van der Waals surface area contributed by atoms with Gasteiger partial charge in [-0.1, -0.05) is 0 Å². The minimum Gasteiger partial charge on any atom is -0.481 e. The van der Waals surface area contributed by atoms with E-state index in [9.17, 15) is 14.4 Å². The fraction of sp³-hybridized carbons (Fsp3) is 0.400. The van der Waals surface area contributed by atoms with Crippen molar-refractivity contribution in [3.8, 4) is 0 Å². The molecule has 0 fully saturated rings. The molecule has 10 heavy (non-hydrogen) atoms. The van der Waals surface area contributed by atoms with E-state index in [1.807, 2.05) is 0 Å². The van der Waals surface area contributed by atoms with E-state index in [1.165, 1.54) is 0 Å². The van der Waals surface area contributed by atoms with Crippen LogP contribution in [0.5, 0.6) is 0 Å². The Balaban J connectivity index is 3.96. The summed E-state index contributed by atoms with van der Waals surface area (Å²) >= 11 is 0. The van der Waals surface area contributed by atoms with Gasteiger partial charge in [-0.25, -0.2) is 0 Å². The molecule has 0 bridgehead atoms. The van der Waals surface area contributed by atoms with Crippen LogP contribution in [0.3, 0.4) is 0 Å². The largest absolute Gasteiger partial charge is 0.481 e. The van der Waals surface area contributed by atoms with Gasteiger partial charge in [-0.3, -0.25) is 9.59 Å². The van der Waals surface area contributed by atoms with Crippen LogP contribution in [0.25, 0.3) is 0 Å². The van der Waals surface area contributed by atoms with Crippen molar-refractivity contribution in [2.75, 3.05) is 0 Å². The van der Waals surface area contributed by atoms with Crippen molar-refractivity contribution in [1.82, 2.24) is 0 Å². The summed E-state index contributed by atoms with van der Waals surface area (Å²) in [5, 5.41) is 16.2. The molecule has 0 radical (unpaired) electrons. The fourth-order valence-corrected chi connectivity index (χ4v) is 0.382. The molecule has 0 saturated heterocycles. The number of aldehydes is 1. The van der Waals surface area contributed by atoms with Gasteiger partial charge in [-0.2, -0.15) is 0 Å². The topological polar surface area (TPSA) is 91.7 Å². The van der Waals surface area contributed by atoms with Gasteiger partial charge in [-0.15, -0.1) is 0 Å². The van der Waals surface area contributed by atoms with Crippen molar-refractivity contribution >= 4 is 18.2 Å². The highest BCUT2D eigenvalue weighted by Gasteiger charge is 2.19. The molecule has 0 saturated carbocycles. The molecule has 0 aliphatic rings. The third-order valence-corrected chi connectivity index (χ3v) is 0.876. The van der Waals surface area contributed by atoms with Gasteiger partial charge in [0, 0.05) is 0 Å². The van der Waals surface area contributed by atoms with Gasteiger partial charge in [0.05, 0.1) is 6.42 Å². The molecule has 0 heterocycles. The van der Waals surface area contributed by atoms with Gasteiger partial charge in [0.2, 0.25) is 0 Å². The summed E-state index contributed by atoms with van der Waals surface area (Å²) in [6.07, 6.45) is -0.546. The van der Waals surface area contributed by atoms with Crippen LogP contribution < -0.4 is 0 Å². The summed E-state index contributed by atoms with van der Waals surface area (Å²) in [5.41, 5.74) is 0. The first-order valence-electron chi connectivity index (χ1n) is 2.47. The minimum atomic E-state index is -1.42. The zero-order valence-corrected chi connectivity index (χ0v) is 4.98. The average molecular weight is 146 g/mol. The number of carboxylic acid groups (broad SMARTS) is 2. The standard InChI is InChI=1S/C5H6O5/c6-2-3(5(9)10)1-4(7)8/h2-3H,1H2,(H,7,8)(H,9,10)/t3-/m0/s1. The summed E-state index contributed by atoms with van der Waals surface area (Å²) in [4.78, 5) is 29.7. The van der Waals surface area contributed by atoms with Gasteiger partial charge in [0.1, 0.15) is 12.2 Å². The Morgan fingerprint density at radius 2 is 1.90 bits per heavy atom. The molecule has 0 unspecified atom stereocenters. The second-order valence-electron chi connectivity index (χ2n) is 1.68. The fourth-order valence-electron chi connectivity index (χ4n) is 0.382. The molecule has 0 aromatic carbocycles. The monoisotopic (exact) mass is 146 g/mol. The maximum absolute atomic E-state index is 9.97. The average Bonchev–Trinajstić information content (AvgIpc) is 1.81. The van der Waals surface area contributed by atoms with Gasteiger partial charge < -0.3 is 15.0 Å². The number of rotatable bonds is 4. The van der Waals surface area contributed by atoms with E-state index in [2.05, 4.69) is 0 Å². The molecule has 0 amide bonds. The first-order chi connectivity index (χ1) is 4.57. The quantitative estimate of drug-likeness (QED) is 0.406. The summed E-state index contributed by atoms with van der Waals surface area (Å²) < 4.78 is 0. The molecule has 2 N–H and O–H groups in total. The highest BCUT2D eigenvalue weighted by Crippen LogP contribution is 1.98. The summed E-state index contributed by atoms with van der Waals surface area (Å²) in [6.45, 7) is 0. The molecule has 5 nitrogen and oxygen atoms in total. The Bertz CT molecular complexity index is 161. The van der Waals surface area contributed by atoms with Crippen LogP contribution in [-0.4, -0.2) is 28.4 Å². The summed E-state index contributed by atoms with van der Waals surface area (Å²) in [5.74, 6) is -4.12. The Morgan fingerprint density at radius 3 is 2.00 bits per heavy atom. The van der Waals surface area contributed by atoms with Crippen molar-refractivity contribution in [2.45, 2.75) is 6.42 Å². The third kappa shape index (κ3) is 2.81. The van der Waals surface area contributed by atoms with Crippen LogP contribution in [0.2, 0.25) is 0 Å². The number of carbonyl (C=O) groups is 3. The number of carbonyl (C=O) groups excluding carboxylic acids is 1. The van der Waals surface area contributed by atoms with Crippen molar-refractivity contribution < 1.29 is 24.6 Å². The van der Waals surface area contributed by atoms with E-state index >= 15 is 0 Å². The molecule has 0 rings (SSSR count). The zero-order valence-electron chi connectivity index (χ0n) is 4.98. The third-order valence-electron chi connectivity index (χ3n) is 0.876. The number of hydrogen-bond acceptors (Lipinski definition) is 3. The minimum absolute atomic E-state index is 0.108. The van der Waals surface area contributed by atoms with E-state index in [-0.39, 0.29) is 6.29 Å². The van der Waals surface area contributed by atoms with Gasteiger partial charge in [0.25, 0.3) is 0 Å². The lowest BCUT2D eigenvalue weighted by Gasteiger charge is -1.97. The molecule has 0 aliphatic heterocycles.